The van der Waals surface area contributed by atoms with Gasteiger partial charge in [0.1, 0.15) is 6.04 Å². The number of carboxylic acid groups (broad SMARTS) is 1. The maximum Gasteiger partial charge on any atom is 0.321 e. The van der Waals surface area contributed by atoms with E-state index in [0.717, 1.165) is 12.0 Å². The number of aryl methyl sites for hydroxylation is 1. The fraction of sp³-hybridized carbons (Fsp3) is 0.462. The van der Waals surface area contributed by atoms with Crippen molar-refractivity contribution in [2.75, 3.05) is 0 Å². The Morgan fingerprint density at radius 3 is 2.62 bits per heavy atom. The molecule has 0 aliphatic heterocycles. The third kappa shape index (κ3) is 2.42. The Kier molecular flexibility index (Phi) is 3.70. The van der Waals surface area contributed by atoms with Crippen LogP contribution in [0.1, 0.15) is 31.9 Å². The van der Waals surface area contributed by atoms with Gasteiger partial charge in [-0.25, -0.2) is 0 Å². The number of nitrogens with two attached hydrogens (primary N) is 1. The Morgan fingerprint density at radius 1 is 1.50 bits per heavy atom. The van der Waals surface area contributed by atoms with E-state index in [1.807, 2.05) is 38.1 Å². The number of carboxylic acids is 1. The van der Waals surface area contributed by atoms with Crippen molar-refractivity contribution in [3.63, 3.8) is 0 Å². The van der Waals surface area contributed by atoms with E-state index in [2.05, 4.69) is 6.92 Å². The summed E-state index contributed by atoms with van der Waals surface area (Å²) in [4.78, 5) is 10.9. The summed E-state index contributed by atoms with van der Waals surface area (Å²) in [5.74, 6) is -0.966. The molecule has 0 saturated carbocycles. The molecule has 3 N–H and O–H groups in total. The van der Waals surface area contributed by atoms with E-state index in [0.29, 0.717) is 0 Å². The highest BCUT2D eigenvalue weighted by molar-refractivity contribution is 5.75. The molecule has 0 aromatic heterocycles. The lowest BCUT2D eigenvalue weighted by Crippen LogP contribution is -2.46. The zero-order valence-corrected chi connectivity index (χ0v) is 10.0. The molecular formula is C13H19NO2. The largest absolute Gasteiger partial charge is 0.480 e. The zero-order chi connectivity index (χ0) is 12.3. The Bertz CT molecular complexity index is 385. The Morgan fingerprint density at radius 2 is 2.12 bits per heavy atom. The molecule has 0 aliphatic carbocycles. The highest BCUT2D eigenvalue weighted by atomic mass is 16.4. The normalized spacial score (nSPS) is 13.5. The van der Waals surface area contributed by atoms with Crippen LogP contribution >= 0.6 is 0 Å². The second kappa shape index (κ2) is 4.66. The van der Waals surface area contributed by atoms with Gasteiger partial charge in [-0.05, 0) is 17.5 Å². The van der Waals surface area contributed by atoms with Gasteiger partial charge in [-0.2, -0.15) is 0 Å². The lowest BCUT2D eigenvalue weighted by atomic mass is 9.77. The lowest BCUT2D eigenvalue weighted by molar-refractivity contribution is -0.140. The SMILES string of the molecule is CCc1cccc(C(C)(C)C(N)C(=O)O)c1. The molecule has 0 saturated heterocycles. The zero-order valence-electron chi connectivity index (χ0n) is 10.0. The van der Waals surface area contributed by atoms with Crippen LogP contribution < -0.4 is 5.73 Å². The summed E-state index contributed by atoms with van der Waals surface area (Å²) in [7, 11) is 0. The van der Waals surface area contributed by atoms with Crippen molar-refractivity contribution in [2.24, 2.45) is 5.73 Å². The maximum absolute atomic E-state index is 10.9. The number of benzene rings is 1. The van der Waals surface area contributed by atoms with Gasteiger partial charge < -0.3 is 10.8 Å². The number of aliphatic carboxylic acids is 1. The van der Waals surface area contributed by atoms with Gasteiger partial charge in [0.25, 0.3) is 0 Å². The molecule has 0 aliphatic rings. The standard InChI is InChI=1S/C13H19NO2/c1-4-9-6-5-7-10(8-9)13(2,3)11(14)12(15)16/h5-8,11H,4,14H2,1-3H3,(H,15,16). The first-order valence-corrected chi connectivity index (χ1v) is 5.47. The summed E-state index contributed by atoms with van der Waals surface area (Å²) in [5, 5.41) is 8.98. The van der Waals surface area contributed by atoms with Crippen LogP contribution in [0.3, 0.4) is 0 Å². The van der Waals surface area contributed by atoms with Crippen molar-refractivity contribution in [1.82, 2.24) is 0 Å². The molecule has 1 rings (SSSR count). The first kappa shape index (κ1) is 12.7. The van der Waals surface area contributed by atoms with Crippen LogP contribution in [0, 0.1) is 0 Å². The summed E-state index contributed by atoms with van der Waals surface area (Å²) in [5.41, 5.74) is 7.33. The van der Waals surface area contributed by atoms with Gasteiger partial charge in [-0.15, -0.1) is 0 Å². The van der Waals surface area contributed by atoms with Gasteiger partial charge in [0, 0.05) is 5.41 Å². The van der Waals surface area contributed by atoms with Gasteiger partial charge >= 0.3 is 5.97 Å². The molecule has 1 unspecified atom stereocenters. The Hall–Kier alpha value is -1.35. The van der Waals surface area contributed by atoms with Gasteiger partial charge in [-0.3, -0.25) is 4.79 Å². The molecule has 1 aromatic carbocycles. The van der Waals surface area contributed by atoms with E-state index in [1.165, 1.54) is 5.56 Å². The molecule has 16 heavy (non-hydrogen) atoms. The van der Waals surface area contributed by atoms with Crippen molar-refractivity contribution in [3.05, 3.63) is 35.4 Å². The minimum absolute atomic E-state index is 0.559. The van der Waals surface area contributed by atoms with Crippen molar-refractivity contribution in [2.45, 2.75) is 38.6 Å². The van der Waals surface area contributed by atoms with Gasteiger partial charge in [0.05, 0.1) is 0 Å². The van der Waals surface area contributed by atoms with E-state index in [9.17, 15) is 4.79 Å². The monoisotopic (exact) mass is 221 g/mol. The molecule has 3 heteroatoms. The first-order valence-electron chi connectivity index (χ1n) is 5.47. The fourth-order valence-electron chi connectivity index (χ4n) is 1.68. The van der Waals surface area contributed by atoms with E-state index >= 15 is 0 Å². The van der Waals surface area contributed by atoms with Crippen molar-refractivity contribution >= 4 is 5.97 Å². The summed E-state index contributed by atoms with van der Waals surface area (Å²) in [6, 6.07) is 7.06. The highest BCUT2D eigenvalue weighted by Gasteiger charge is 2.33. The average Bonchev–Trinajstić information content (AvgIpc) is 2.27. The quantitative estimate of drug-likeness (QED) is 0.816. The first-order chi connectivity index (χ1) is 7.39. The van der Waals surface area contributed by atoms with Gasteiger partial charge in [-0.1, -0.05) is 45.0 Å². The van der Waals surface area contributed by atoms with E-state index < -0.39 is 17.4 Å². The van der Waals surface area contributed by atoms with Crippen molar-refractivity contribution in [3.8, 4) is 0 Å². The maximum atomic E-state index is 10.9. The Balaban J connectivity index is 3.10. The highest BCUT2D eigenvalue weighted by Crippen LogP contribution is 2.27. The third-order valence-electron chi connectivity index (χ3n) is 3.12. The van der Waals surface area contributed by atoms with E-state index in [-0.39, 0.29) is 0 Å². The molecule has 0 fully saturated rings. The molecule has 0 bridgehead atoms. The van der Waals surface area contributed by atoms with Crippen molar-refractivity contribution < 1.29 is 9.90 Å². The summed E-state index contributed by atoms with van der Waals surface area (Å²) in [6.45, 7) is 5.80. The Labute approximate surface area is 96.3 Å². The number of hydrogen-bond acceptors (Lipinski definition) is 2. The number of hydrogen-bond donors (Lipinski definition) is 2. The van der Waals surface area contributed by atoms with Gasteiger partial charge in [0.2, 0.25) is 0 Å². The smallest absolute Gasteiger partial charge is 0.321 e. The van der Waals surface area contributed by atoms with E-state index in [1.54, 1.807) is 0 Å². The molecule has 0 radical (unpaired) electrons. The van der Waals surface area contributed by atoms with Crippen LogP contribution in [0.2, 0.25) is 0 Å². The molecule has 1 aromatic rings. The second-order valence-electron chi connectivity index (χ2n) is 4.59. The van der Waals surface area contributed by atoms with Crippen LogP contribution in [0.15, 0.2) is 24.3 Å². The lowest BCUT2D eigenvalue weighted by Gasteiger charge is -2.29. The summed E-state index contributed by atoms with van der Waals surface area (Å²) in [6.07, 6.45) is 0.937. The summed E-state index contributed by atoms with van der Waals surface area (Å²) < 4.78 is 0. The van der Waals surface area contributed by atoms with Crippen LogP contribution in [0.4, 0.5) is 0 Å². The summed E-state index contributed by atoms with van der Waals surface area (Å²) >= 11 is 0. The van der Waals surface area contributed by atoms with Gasteiger partial charge in [0.15, 0.2) is 0 Å². The molecule has 0 amide bonds. The van der Waals surface area contributed by atoms with E-state index in [4.69, 9.17) is 10.8 Å². The number of carbonyl (C=O) groups is 1. The molecule has 1 atom stereocenters. The molecule has 0 spiro atoms. The van der Waals surface area contributed by atoms with Crippen LogP contribution in [0.5, 0.6) is 0 Å². The third-order valence-corrected chi connectivity index (χ3v) is 3.12. The molecule has 0 heterocycles. The molecule has 3 nitrogen and oxygen atoms in total. The van der Waals surface area contributed by atoms with Crippen molar-refractivity contribution in [1.29, 1.82) is 0 Å². The van der Waals surface area contributed by atoms with Crippen LogP contribution in [-0.4, -0.2) is 17.1 Å². The predicted octanol–water partition coefficient (Wildman–Crippen LogP) is 1.94. The van der Waals surface area contributed by atoms with Crippen LogP contribution in [0.25, 0.3) is 0 Å². The molecular weight excluding hydrogens is 202 g/mol. The second-order valence-corrected chi connectivity index (χ2v) is 4.59. The number of rotatable bonds is 4. The molecule has 88 valence electrons. The topological polar surface area (TPSA) is 63.3 Å². The minimum Gasteiger partial charge on any atom is -0.480 e. The average molecular weight is 221 g/mol. The fourth-order valence-corrected chi connectivity index (χ4v) is 1.68. The van der Waals surface area contributed by atoms with Crippen LogP contribution in [-0.2, 0) is 16.6 Å². The predicted molar refractivity (Wildman–Crippen MR) is 64.5 cm³/mol. The minimum atomic E-state index is -0.966.